The molecule has 3 saturated carbocycles. The maximum absolute atomic E-state index is 11.8. The molecular weight excluding hydrogens is 252 g/mol. The zero-order chi connectivity index (χ0) is 13.6. The lowest BCUT2D eigenvalue weighted by atomic mass is 9.51. The summed E-state index contributed by atoms with van der Waals surface area (Å²) in [4.78, 5) is 11.8. The molecule has 112 valence electrons. The average Bonchev–Trinajstić information content (AvgIpc) is 2.94. The van der Waals surface area contributed by atoms with Crippen LogP contribution in [0.1, 0.15) is 57.8 Å². The zero-order valence-corrected chi connectivity index (χ0v) is 12.3. The van der Waals surface area contributed by atoms with Gasteiger partial charge in [0, 0.05) is 18.3 Å². The molecule has 4 aliphatic rings. The van der Waals surface area contributed by atoms with Crippen LogP contribution in [-0.4, -0.2) is 25.3 Å². The summed E-state index contributed by atoms with van der Waals surface area (Å²) in [5, 5.41) is 0. The van der Waals surface area contributed by atoms with Gasteiger partial charge in [0.1, 0.15) is 6.29 Å². The molecule has 4 atom stereocenters. The second-order valence-electron chi connectivity index (χ2n) is 7.52. The lowest BCUT2D eigenvalue weighted by Gasteiger charge is -2.55. The number of hydrogen-bond acceptors (Lipinski definition) is 3. The summed E-state index contributed by atoms with van der Waals surface area (Å²) in [6, 6.07) is 0. The van der Waals surface area contributed by atoms with Crippen LogP contribution in [0.25, 0.3) is 0 Å². The van der Waals surface area contributed by atoms with Gasteiger partial charge < -0.3 is 14.3 Å². The number of rotatable bonds is 1. The van der Waals surface area contributed by atoms with Crippen LogP contribution in [0.2, 0.25) is 0 Å². The molecule has 0 aromatic heterocycles. The van der Waals surface area contributed by atoms with Crippen molar-refractivity contribution in [2.24, 2.45) is 23.2 Å². The summed E-state index contributed by atoms with van der Waals surface area (Å²) in [6.45, 7) is 1.53. The zero-order valence-electron chi connectivity index (χ0n) is 12.3. The van der Waals surface area contributed by atoms with Gasteiger partial charge in [-0.2, -0.15) is 0 Å². The first-order valence-corrected chi connectivity index (χ1v) is 8.51. The largest absolute Gasteiger partial charge is 0.348 e. The fourth-order valence-corrected chi connectivity index (χ4v) is 5.78. The molecule has 0 amide bonds. The van der Waals surface area contributed by atoms with Gasteiger partial charge in [0.15, 0.2) is 5.79 Å². The number of ether oxygens (including phenoxy) is 2. The molecule has 1 heterocycles. The van der Waals surface area contributed by atoms with Gasteiger partial charge in [-0.15, -0.1) is 0 Å². The lowest BCUT2D eigenvalue weighted by molar-refractivity contribution is -0.210. The van der Waals surface area contributed by atoms with Crippen LogP contribution in [0.3, 0.4) is 0 Å². The third-order valence-electron chi connectivity index (χ3n) is 6.73. The van der Waals surface area contributed by atoms with Crippen LogP contribution in [0.4, 0.5) is 0 Å². The molecule has 20 heavy (non-hydrogen) atoms. The molecule has 0 N–H and O–H groups in total. The average molecular weight is 278 g/mol. The predicted octanol–water partition coefficient (Wildman–Crippen LogP) is 3.32. The van der Waals surface area contributed by atoms with Crippen LogP contribution in [0.15, 0.2) is 0 Å². The minimum absolute atomic E-state index is 0.0291. The Labute approximate surface area is 121 Å². The summed E-state index contributed by atoms with van der Waals surface area (Å²) in [7, 11) is 0. The van der Waals surface area contributed by atoms with Gasteiger partial charge in [0.25, 0.3) is 0 Å². The van der Waals surface area contributed by atoms with Crippen molar-refractivity contribution >= 4 is 6.29 Å². The summed E-state index contributed by atoms with van der Waals surface area (Å²) < 4.78 is 11.9. The first-order valence-electron chi connectivity index (χ1n) is 8.51. The molecule has 0 radical (unpaired) electrons. The monoisotopic (exact) mass is 278 g/mol. The van der Waals surface area contributed by atoms with E-state index in [0.717, 1.165) is 50.7 Å². The van der Waals surface area contributed by atoms with E-state index >= 15 is 0 Å². The van der Waals surface area contributed by atoms with Gasteiger partial charge in [-0.05, 0) is 49.9 Å². The summed E-state index contributed by atoms with van der Waals surface area (Å²) in [5.74, 6) is 1.86. The number of carbonyl (C=O) groups is 1. The van der Waals surface area contributed by atoms with Crippen molar-refractivity contribution in [3.8, 4) is 0 Å². The first-order chi connectivity index (χ1) is 9.77. The number of carbonyl (C=O) groups excluding carboxylic acids is 1. The van der Waals surface area contributed by atoms with Crippen LogP contribution >= 0.6 is 0 Å². The van der Waals surface area contributed by atoms with Gasteiger partial charge in [-0.1, -0.05) is 12.8 Å². The van der Waals surface area contributed by atoms with Crippen LogP contribution in [0, 0.1) is 23.2 Å². The highest BCUT2D eigenvalue weighted by Gasteiger charge is 2.54. The highest BCUT2D eigenvalue weighted by molar-refractivity contribution is 5.60. The summed E-state index contributed by atoms with van der Waals surface area (Å²) in [6.07, 6.45) is 11.9. The molecule has 0 aromatic carbocycles. The van der Waals surface area contributed by atoms with E-state index in [0.29, 0.717) is 5.92 Å². The van der Waals surface area contributed by atoms with Crippen molar-refractivity contribution in [2.45, 2.75) is 63.6 Å². The minimum Gasteiger partial charge on any atom is -0.348 e. The Morgan fingerprint density at radius 3 is 2.60 bits per heavy atom. The lowest BCUT2D eigenvalue weighted by Crippen LogP contribution is -2.51. The minimum atomic E-state index is -0.253. The van der Waals surface area contributed by atoms with E-state index in [1.54, 1.807) is 0 Å². The maximum atomic E-state index is 11.8. The molecule has 3 nitrogen and oxygen atoms in total. The fourth-order valence-electron chi connectivity index (χ4n) is 5.78. The Morgan fingerprint density at radius 2 is 1.80 bits per heavy atom. The second-order valence-corrected chi connectivity index (χ2v) is 7.52. The normalized spacial score (nSPS) is 46.7. The summed E-state index contributed by atoms with van der Waals surface area (Å²) in [5.41, 5.74) is 0.0291. The Morgan fingerprint density at radius 1 is 0.950 bits per heavy atom. The van der Waals surface area contributed by atoms with E-state index in [2.05, 4.69) is 0 Å². The van der Waals surface area contributed by atoms with Crippen LogP contribution in [-0.2, 0) is 14.3 Å². The number of fused-ring (bicyclic) bond motifs is 3. The Balaban J connectivity index is 1.56. The molecule has 4 rings (SSSR count). The first kappa shape index (κ1) is 13.3. The highest BCUT2D eigenvalue weighted by atomic mass is 16.7. The van der Waals surface area contributed by atoms with Crippen molar-refractivity contribution in [1.29, 1.82) is 0 Å². The second kappa shape index (κ2) is 4.81. The SMILES string of the molecule is O=CC12CCCCC1C1CCC3(CC1CC2)OCCO3. The van der Waals surface area contributed by atoms with Crippen molar-refractivity contribution in [2.75, 3.05) is 13.2 Å². The smallest absolute Gasteiger partial charge is 0.168 e. The topological polar surface area (TPSA) is 35.5 Å². The third-order valence-corrected chi connectivity index (χ3v) is 6.73. The van der Waals surface area contributed by atoms with Crippen molar-refractivity contribution in [1.82, 2.24) is 0 Å². The summed E-state index contributed by atoms with van der Waals surface area (Å²) >= 11 is 0. The van der Waals surface area contributed by atoms with Crippen molar-refractivity contribution < 1.29 is 14.3 Å². The fraction of sp³-hybridized carbons (Fsp3) is 0.941. The Kier molecular flexibility index (Phi) is 3.19. The predicted molar refractivity (Wildman–Crippen MR) is 75.2 cm³/mol. The van der Waals surface area contributed by atoms with Gasteiger partial charge in [0.05, 0.1) is 13.2 Å². The van der Waals surface area contributed by atoms with Gasteiger partial charge in [-0.3, -0.25) is 0 Å². The third kappa shape index (κ3) is 1.89. The van der Waals surface area contributed by atoms with Gasteiger partial charge in [-0.25, -0.2) is 0 Å². The highest BCUT2D eigenvalue weighted by Crippen LogP contribution is 2.58. The van der Waals surface area contributed by atoms with E-state index < -0.39 is 0 Å². The van der Waals surface area contributed by atoms with Gasteiger partial charge >= 0.3 is 0 Å². The molecule has 1 spiro atoms. The molecule has 0 aromatic rings. The van der Waals surface area contributed by atoms with Crippen LogP contribution in [0.5, 0.6) is 0 Å². The Bertz CT molecular complexity index is 388. The van der Waals surface area contributed by atoms with E-state index in [1.165, 1.54) is 38.4 Å². The van der Waals surface area contributed by atoms with Crippen molar-refractivity contribution in [3.05, 3.63) is 0 Å². The molecule has 3 heteroatoms. The van der Waals surface area contributed by atoms with Gasteiger partial charge in [0.2, 0.25) is 0 Å². The maximum Gasteiger partial charge on any atom is 0.168 e. The van der Waals surface area contributed by atoms with E-state index in [1.807, 2.05) is 0 Å². The Hall–Kier alpha value is -0.410. The molecule has 1 aliphatic heterocycles. The quantitative estimate of drug-likeness (QED) is 0.690. The molecule has 0 bridgehead atoms. The molecular formula is C17H26O3. The van der Waals surface area contributed by atoms with E-state index in [4.69, 9.17) is 9.47 Å². The standard InChI is InChI=1S/C17H26O3/c18-12-16-6-2-1-3-15(16)14-5-8-17(19-9-10-20-17)11-13(14)4-7-16/h12-15H,1-11H2. The molecule has 4 fully saturated rings. The molecule has 1 saturated heterocycles. The molecule has 4 unspecified atom stereocenters. The van der Waals surface area contributed by atoms with Crippen LogP contribution < -0.4 is 0 Å². The molecule has 3 aliphatic carbocycles. The number of hydrogen-bond donors (Lipinski definition) is 0. The number of aldehydes is 1. The van der Waals surface area contributed by atoms with E-state index in [9.17, 15) is 4.79 Å². The van der Waals surface area contributed by atoms with E-state index in [-0.39, 0.29) is 11.2 Å². The van der Waals surface area contributed by atoms with Crippen molar-refractivity contribution in [3.63, 3.8) is 0 Å².